The van der Waals surface area contributed by atoms with E-state index in [1.165, 1.54) is 0 Å². The zero-order chi connectivity index (χ0) is 13.8. The van der Waals surface area contributed by atoms with E-state index < -0.39 is 0 Å². The summed E-state index contributed by atoms with van der Waals surface area (Å²) >= 11 is 9.76. The Morgan fingerprint density at radius 1 is 1.42 bits per heavy atom. The largest absolute Gasteiger partial charge is 0.271 e. The lowest BCUT2D eigenvalue weighted by molar-refractivity contribution is 0.551. The van der Waals surface area contributed by atoms with Crippen LogP contribution in [0.1, 0.15) is 22.7 Å². The molecule has 100 valence electrons. The number of aromatic nitrogens is 1. The molecule has 0 aliphatic rings. The van der Waals surface area contributed by atoms with Gasteiger partial charge in [-0.2, -0.15) is 0 Å². The van der Waals surface area contributed by atoms with Crippen LogP contribution in [0.25, 0.3) is 0 Å². The van der Waals surface area contributed by atoms with Crippen LogP contribution in [0.5, 0.6) is 0 Å². The third-order valence-corrected chi connectivity index (χ3v) is 3.95. The molecule has 0 saturated heterocycles. The molecule has 1 heterocycles. The fraction of sp³-hybridized carbons (Fsp3) is 0.214. The summed E-state index contributed by atoms with van der Waals surface area (Å²) in [6.45, 7) is 1.99. The van der Waals surface area contributed by atoms with Gasteiger partial charge in [0.25, 0.3) is 0 Å². The highest BCUT2D eigenvalue weighted by Crippen LogP contribution is 2.28. The highest BCUT2D eigenvalue weighted by atomic mass is 79.9. The van der Waals surface area contributed by atoms with Gasteiger partial charge in [-0.15, -0.1) is 0 Å². The van der Waals surface area contributed by atoms with E-state index in [2.05, 4.69) is 26.3 Å². The predicted molar refractivity (Wildman–Crippen MR) is 81.9 cm³/mol. The van der Waals surface area contributed by atoms with Crippen molar-refractivity contribution in [2.45, 2.75) is 19.4 Å². The Morgan fingerprint density at radius 2 is 2.21 bits per heavy atom. The van der Waals surface area contributed by atoms with Crippen molar-refractivity contribution in [2.75, 3.05) is 0 Å². The summed E-state index contributed by atoms with van der Waals surface area (Å²) in [4.78, 5) is 4.16. The van der Waals surface area contributed by atoms with Gasteiger partial charge >= 0.3 is 0 Å². The Hall–Kier alpha value is -0.940. The standard InChI is InChI=1S/C14H15BrClN3/c1-9-3-2-4-12(14(9)16)13(19-17)6-10-5-11(15)8-18-7-10/h2-5,7-8,13,19H,6,17H2,1H3. The maximum absolute atomic E-state index is 6.34. The van der Waals surface area contributed by atoms with Crippen LogP contribution in [0.3, 0.4) is 0 Å². The van der Waals surface area contributed by atoms with Crippen molar-refractivity contribution < 1.29 is 0 Å². The van der Waals surface area contributed by atoms with Crippen molar-refractivity contribution in [3.8, 4) is 0 Å². The minimum Gasteiger partial charge on any atom is -0.271 e. The number of halogens is 2. The van der Waals surface area contributed by atoms with Crippen molar-refractivity contribution in [3.63, 3.8) is 0 Å². The molecule has 1 aromatic carbocycles. The van der Waals surface area contributed by atoms with E-state index in [1.807, 2.05) is 37.4 Å². The van der Waals surface area contributed by atoms with E-state index in [0.717, 1.165) is 32.6 Å². The summed E-state index contributed by atoms with van der Waals surface area (Å²) in [5.74, 6) is 5.67. The van der Waals surface area contributed by atoms with Gasteiger partial charge in [-0.3, -0.25) is 16.3 Å². The Labute approximate surface area is 126 Å². The van der Waals surface area contributed by atoms with Crippen LogP contribution in [0.2, 0.25) is 5.02 Å². The van der Waals surface area contributed by atoms with Gasteiger partial charge in [0.2, 0.25) is 0 Å². The van der Waals surface area contributed by atoms with E-state index in [0.29, 0.717) is 0 Å². The van der Waals surface area contributed by atoms with Crippen molar-refractivity contribution in [3.05, 3.63) is 62.8 Å². The van der Waals surface area contributed by atoms with Crippen molar-refractivity contribution in [1.29, 1.82) is 0 Å². The summed E-state index contributed by atoms with van der Waals surface area (Å²) < 4.78 is 0.955. The van der Waals surface area contributed by atoms with Gasteiger partial charge in [0.15, 0.2) is 0 Å². The van der Waals surface area contributed by atoms with Gasteiger partial charge in [0.1, 0.15) is 0 Å². The fourth-order valence-corrected chi connectivity index (χ4v) is 2.67. The first-order valence-corrected chi connectivity index (χ1v) is 7.09. The van der Waals surface area contributed by atoms with Crippen LogP contribution < -0.4 is 11.3 Å². The van der Waals surface area contributed by atoms with Crippen molar-refractivity contribution >= 4 is 27.5 Å². The zero-order valence-corrected chi connectivity index (χ0v) is 12.9. The third-order valence-electron chi connectivity index (χ3n) is 3.00. The quantitative estimate of drug-likeness (QED) is 0.661. The molecule has 0 radical (unpaired) electrons. The SMILES string of the molecule is Cc1cccc(C(Cc2cncc(Br)c2)NN)c1Cl. The molecular weight excluding hydrogens is 326 g/mol. The second-order valence-electron chi connectivity index (χ2n) is 4.41. The first-order valence-electron chi connectivity index (χ1n) is 5.92. The van der Waals surface area contributed by atoms with Crippen LogP contribution >= 0.6 is 27.5 Å². The fourth-order valence-electron chi connectivity index (χ4n) is 2.00. The van der Waals surface area contributed by atoms with Crippen molar-refractivity contribution in [1.82, 2.24) is 10.4 Å². The van der Waals surface area contributed by atoms with Crippen LogP contribution in [0, 0.1) is 6.92 Å². The Kier molecular flexibility index (Phi) is 4.93. The Bertz CT molecular complexity index is 574. The number of aryl methyl sites for hydroxylation is 1. The summed E-state index contributed by atoms with van der Waals surface area (Å²) in [7, 11) is 0. The van der Waals surface area contributed by atoms with Gasteiger partial charge < -0.3 is 0 Å². The lowest BCUT2D eigenvalue weighted by atomic mass is 9.99. The normalized spacial score (nSPS) is 12.4. The smallest absolute Gasteiger partial charge is 0.0515 e. The lowest BCUT2D eigenvalue weighted by Gasteiger charge is -2.18. The number of pyridine rings is 1. The number of nitrogens with zero attached hydrogens (tertiary/aromatic N) is 1. The molecular formula is C14H15BrClN3. The minimum absolute atomic E-state index is 0.0384. The van der Waals surface area contributed by atoms with E-state index in [9.17, 15) is 0 Å². The second kappa shape index (κ2) is 6.48. The third kappa shape index (κ3) is 3.54. The topological polar surface area (TPSA) is 50.9 Å². The number of hydrogen-bond acceptors (Lipinski definition) is 3. The van der Waals surface area contributed by atoms with Gasteiger partial charge in [0, 0.05) is 21.9 Å². The molecule has 0 spiro atoms. The van der Waals surface area contributed by atoms with Gasteiger partial charge in [-0.25, -0.2) is 0 Å². The van der Waals surface area contributed by atoms with Crippen LogP contribution in [0.15, 0.2) is 41.1 Å². The molecule has 0 bridgehead atoms. The molecule has 1 atom stereocenters. The van der Waals surface area contributed by atoms with Gasteiger partial charge in [-0.05, 0) is 52.0 Å². The molecule has 0 aliphatic heterocycles. The van der Waals surface area contributed by atoms with Crippen LogP contribution in [0.4, 0.5) is 0 Å². The average Bonchev–Trinajstić information content (AvgIpc) is 2.40. The maximum Gasteiger partial charge on any atom is 0.0515 e. The summed E-state index contributed by atoms with van der Waals surface area (Å²) in [5, 5.41) is 0.758. The summed E-state index contributed by atoms with van der Waals surface area (Å²) in [6, 6.07) is 7.95. The molecule has 0 aliphatic carbocycles. The molecule has 1 unspecified atom stereocenters. The van der Waals surface area contributed by atoms with Gasteiger partial charge in [0.05, 0.1) is 6.04 Å². The second-order valence-corrected chi connectivity index (χ2v) is 5.71. The molecule has 2 rings (SSSR count). The maximum atomic E-state index is 6.34. The molecule has 1 aromatic heterocycles. The number of rotatable bonds is 4. The number of nitrogens with one attached hydrogen (secondary N) is 1. The average molecular weight is 341 g/mol. The van der Waals surface area contributed by atoms with Gasteiger partial charge in [-0.1, -0.05) is 29.8 Å². The molecule has 0 saturated carbocycles. The van der Waals surface area contributed by atoms with E-state index in [4.69, 9.17) is 17.4 Å². The highest BCUT2D eigenvalue weighted by Gasteiger charge is 2.15. The summed E-state index contributed by atoms with van der Waals surface area (Å²) in [5.41, 5.74) is 5.97. The Morgan fingerprint density at radius 3 is 2.89 bits per heavy atom. The van der Waals surface area contributed by atoms with E-state index in [1.54, 1.807) is 6.20 Å². The highest BCUT2D eigenvalue weighted by molar-refractivity contribution is 9.10. The molecule has 3 nitrogen and oxygen atoms in total. The molecule has 2 aromatic rings. The first kappa shape index (κ1) is 14.5. The minimum atomic E-state index is -0.0384. The molecule has 0 fully saturated rings. The van der Waals surface area contributed by atoms with E-state index in [-0.39, 0.29) is 6.04 Å². The number of hydrazine groups is 1. The lowest BCUT2D eigenvalue weighted by Crippen LogP contribution is -2.30. The first-order chi connectivity index (χ1) is 9.11. The Balaban J connectivity index is 2.28. The molecule has 5 heteroatoms. The van der Waals surface area contributed by atoms with Crippen molar-refractivity contribution in [2.24, 2.45) is 5.84 Å². The van der Waals surface area contributed by atoms with Crippen LogP contribution in [-0.2, 0) is 6.42 Å². The summed E-state index contributed by atoms with van der Waals surface area (Å²) in [6.07, 6.45) is 4.32. The predicted octanol–water partition coefficient (Wildman–Crippen LogP) is 3.55. The monoisotopic (exact) mass is 339 g/mol. The number of benzene rings is 1. The number of nitrogens with two attached hydrogens (primary N) is 1. The molecule has 3 N–H and O–H groups in total. The zero-order valence-electron chi connectivity index (χ0n) is 10.5. The molecule has 0 amide bonds. The van der Waals surface area contributed by atoms with E-state index >= 15 is 0 Å². The molecule has 19 heavy (non-hydrogen) atoms. The van der Waals surface area contributed by atoms with Crippen LogP contribution in [-0.4, -0.2) is 4.98 Å². The number of hydrogen-bond donors (Lipinski definition) is 2.